The maximum absolute atomic E-state index is 12.5. The van der Waals surface area contributed by atoms with Gasteiger partial charge in [-0.3, -0.25) is 0 Å². The van der Waals surface area contributed by atoms with Gasteiger partial charge in [-0.2, -0.15) is 0 Å². The molecule has 5 aromatic rings. The molecule has 4 aromatic carbocycles. The minimum Gasteiger partial charge on any atom is -0.248 e. The standard InChI is InChI=1S/C20H9Br2O5.C13H9N.Hg.2Na.H2O/c21-13-5-11-17(7-15(13)23)27-18-8-16(24)14(22)6-12(18)19(11)9-3-1-2-4-10(9)20(25)26;1-3-7-12-10(5-1)9-11-6-2-4-8-13(11)14-12;;;;/h1-7,24H,(H,25,26);1-9H;;;;1H2/q;;3*+1;/p-3. The van der Waals surface area contributed by atoms with E-state index in [4.69, 9.17) is 4.42 Å². The van der Waals surface area contributed by atoms with E-state index in [-0.39, 0.29) is 99.2 Å². The van der Waals surface area contributed by atoms with Gasteiger partial charge in [0.2, 0.25) is 0 Å². The first-order chi connectivity index (χ1) is 20.8. The number of carbonyl (C=O) groups excluding carboxylic acids is 1. The van der Waals surface area contributed by atoms with Gasteiger partial charge in [-0.15, -0.1) is 0 Å². The van der Waals surface area contributed by atoms with Crippen LogP contribution in [0.4, 0.5) is 0 Å². The van der Waals surface area contributed by atoms with Gasteiger partial charge in [-0.1, -0.05) is 36.4 Å². The molecule has 0 spiro atoms. The van der Waals surface area contributed by atoms with E-state index >= 15 is 0 Å². The number of fused-ring (bicyclic) bond motifs is 4. The topological polar surface area (TPSA) is 127 Å². The molecule has 0 radical (unpaired) electrons. The van der Waals surface area contributed by atoms with E-state index in [1.165, 1.54) is 22.9 Å². The smallest absolute Gasteiger partial charge is 0.248 e. The monoisotopic (exact) mass is 929 g/mol. The zero-order chi connectivity index (χ0) is 30.2. The molecule has 7 rings (SSSR count). The number of aromatic carboxylic acids is 1. The third-order valence-electron chi connectivity index (χ3n) is 7.07. The zero-order valence-corrected chi connectivity index (χ0v) is 36.8. The third-order valence-corrected chi connectivity index (χ3v) is 12.0. The summed E-state index contributed by atoms with van der Waals surface area (Å²) in [6.45, 7) is 0. The maximum atomic E-state index is 12.5. The minimum atomic E-state index is -2.75. The van der Waals surface area contributed by atoms with E-state index in [0.29, 0.717) is 22.1 Å². The summed E-state index contributed by atoms with van der Waals surface area (Å²) in [7, 11) is 0. The summed E-state index contributed by atoms with van der Waals surface area (Å²) in [5, 5.41) is 27.1. The second kappa shape index (κ2) is 15.5. The number of nitrogens with zero attached hydrogens (tertiary/aromatic N) is 1. The van der Waals surface area contributed by atoms with Gasteiger partial charge in [-0.05, 0) is 18.2 Å². The molecular formula is C33H17Br2HgNNa2O6. The summed E-state index contributed by atoms with van der Waals surface area (Å²) < 4.78 is 16.6. The molecule has 1 aliphatic carbocycles. The van der Waals surface area contributed by atoms with Gasteiger partial charge < -0.3 is 0 Å². The van der Waals surface area contributed by atoms with Crippen LogP contribution in [0.15, 0.2) is 115 Å². The predicted molar refractivity (Wildman–Crippen MR) is 165 cm³/mol. The Morgan fingerprint density at radius 1 is 0.800 bits per heavy atom. The normalized spacial score (nSPS) is 10.5. The average molecular weight is 930 g/mol. The fraction of sp³-hybridized carbons (Fsp3) is 0. The third kappa shape index (κ3) is 7.28. The number of carbonyl (C=O) groups is 1. The summed E-state index contributed by atoms with van der Waals surface area (Å²) in [6, 6.07) is 29.3. The molecule has 0 saturated carbocycles. The Kier molecular flexibility index (Phi) is 12.5. The maximum Gasteiger partial charge on any atom is 1.00 e. The van der Waals surface area contributed by atoms with Crippen molar-refractivity contribution >= 4 is 73.7 Å². The van der Waals surface area contributed by atoms with E-state index in [0.717, 1.165) is 11.0 Å². The Balaban J connectivity index is 0.000000242. The summed E-state index contributed by atoms with van der Waals surface area (Å²) in [6.07, 6.45) is 0. The number of carboxylic acids is 1. The van der Waals surface area contributed by atoms with Crippen molar-refractivity contribution < 1.29 is 107 Å². The number of benzene rings is 5. The Bertz CT molecular complexity index is 2140. The van der Waals surface area contributed by atoms with Gasteiger partial charge in [0.1, 0.15) is 0 Å². The van der Waals surface area contributed by atoms with E-state index < -0.39 is 31.0 Å². The molecule has 208 valence electrons. The van der Waals surface area contributed by atoms with Crippen molar-refractivity contribution in [2.75, 3.05) is 0 Å². The van der Waals surface area contributed by atoms with Gasteiger partial charge in [-0.25, -0.2) is 4.98 Å². The fourth-order valence-electron chi connectivity index (χ4n) is 5.07. The number of hydrogen-bond acceptors (Lipinski definition) is 7. The van der Waals surface area contributed by atoms with Crippen molar-refractivity contribution in [2.24, 2.45) is 0 Å². The quantitative estimate of drug-likeness (QED) is 0.188. The Labute approximate surface area is 331 Å². The van der Waals surface area contributed by atoms with Gasteiger partial charge in [0, 0.05) is 10.8 Å². The van der Waals surface area contributed by atoms with Crippen LogP contribution in [0.5, 0.6) is 5.75 Å². The number of rotatable bonds is 3. The molecular weight excluding hydrogens is 913 g/mol. The predicted octanol–water partition coefficient (Wildman–Crippen LogP) is -0.462. The molecule has 0 atom stereocenters. The Morgan fingerprint density at radius 2 is 1.40 bits per heavy atom. The van der Waals surface area contributed by atoms with E-state index in [1.807, 2.05) is 36.4 Å². The first-order valence-corrected chi connectivity index (χ1v) is 19.8. The SMILES string of the molecule is O=C([O-])c1ccccc1-c1c2cc(Br)c(=O)cc-2oc2[c]([Hg][OH])c([O-])c(Br)cc12.[Na+].[Na+].c1ccc2nc3ccccc3cc2c1. The number of hydrogen-bond donors (Lipinski definition) is 1. The molecule has 1 aromatic heterocycles. The van der Waals surface area contributed by atoms with Gasteiger partial charge in [0.05, 0.1) is 11.0 Å². The number of halogens is 2. The molecule has 7 nitrogen and oxygen atoms in total. The molecule has 12 heteroatoms. The summed E-state index contributed by atoms with van der Waals surface area (Å²) in [5.41, 5.74) is 3.26. The molecule has 2 aliphatic rings. The average Bonchev–Trinajstić information content (AvgIpc) is 3.01. The molecule has 0 unspecified atom stereocenters. The Hall–Kier alpha value is -1.63. The van der Waals surface area contributed by atoms with Gasteiger partial charge in [0.15, 0.2) is 0 Å². The van der Waals surface area contributed by atoms with Crippen molar-refractivity contribution in [3.8, 4) is 28.2 Å². The fourth-order valence-corrected chi connectivity index (χ4v) is 9.77. The Morgan fingerprint density at radius 3 is 2.02 bits per heavy atom. The van der Waals surface area contributed by atoms with Crippen molar-refractivity contribution in [3.63, 3.8) is 0 Å². The molecule has 45 heavy (non-hydrogen) atoms. The molecule has 1 N–H and O–H groups in total. The minimum absolute atomic E-state index is 0. The number of carboxylic acid groups (broad SMARTS) is 1. The van der Waals surface area contributed by atoms with Crippen LogP contribution in [0.1, 0.15) is 10.4 Å². The summed E-state index contributed by atoms with van der Waals surface area (Å²) in [5.74, 6) is -1.52. The van der Waals surface area contributed by atoms with Gasteiger partial charge in [0.25, 0.3) is 0 Å². The van der Waals surface area contributed by atoms with Crippen molar-refractivity contribution in [2.45, 2.75) is 0 Å². The molecule has 0 amide bonds. The summed E-state index contributed by atoms with van der Waals surface area (Å²) >= 11 is 3.71. The molecule has 2 heterocycles. The number of aromatic nitrogens is 1. The van der Waals surface area contributed by atoms with E-state index in [1.54, 1.807) is 30.3 Å². The van der Waals surface area contributed by atoms with Crippen LogP contribution in [0.25, 0.3) is 55.2 Å². The van der Waals surface area contributed by atoms with Crippen LogP contribution < -0.4 is 77.8 Å². The van der Waals surface area contributed by atoms with Crippen LogP contribution >= 0.6 is 31.9 Å². The molecule has 0 bridgehead atoms. The van der Waals surface area contributed by atoms with E-state index in [9.17, 15) is 22.8 Å². The van der Waals surface area contributed by atoms with Crippen LogP contribution in [0.2, 0.25) is 0 Å². The van der Waals surface area contributed by atoms with Crippen LogP contribution in [-0.2, 0) is 25.0 Å². The number of para-hydroxylation sites is 2. The summed E-state index contributed by atoms with van der Waals surface area (Å²) in [4.78, 5) is 28.5. The second-order valence-electron chi connectivity index (χ2n) is 9.66. The van der Waals surface area contributed by atoms with Crippen LogP contribution in [0.3, 0.4) is 0 Å². The largest absolute Gasteiger partial charge is 1.00 e. The van der Waals surface area contributed by atoms with Gasteiger partial charge >= 0.3 is 254 Å². The molecule has 0 fully saturated rings. The second-order valence-corrected chi connectivity index (χ2v) is 15.4. The van der Waals surface area contributed by atoms with Crippen molar-refractivity contribution in [1.29, 1.82) is 0 Å². The zero-order valence-electron chi connectivity index (χ0n) is 24.1. The first-order valence-electron chi connectivity index (χ1n) is 13.0. The molecule has 1 aliphatic heterocycles. The van der Waals surface area contributed by atoms with Crippen molar-refractivity contribution in [1.82, 2.24) is 4.98 Å². The molecule has 0 saturated heterocycles. The van der Waals surface area contributed by atoms with E-state index in [2.05, 4.69) is 55.0 Å². The van der Waals surface area contributed by atoms with Crippen molar-refractivity contribution in [3.05, 3.63) is 122 Å². The first kappa shape index (κ1) is 36.2. The van der Waals surface area contributed by atoms with Crippen LogP contribution in [0, 0.1) is 0 Å². The van der Waals surface area contributed by atoms with Crippen LogP contribution in [-0.4, -0.2) is 14.0 Å². The number of pyridine rings is 1.